The van der Waals surface area contributed by atoms with Crippen molar-refractivity contribution in [1.29, 1.82) is 5.26 Å². The minimum absolute atomic E-state index is 0.00659. The van der Waals surface area contributed by atoms with Gasteiger partial charge in [0, 0.05) is 11.3 Å². The normalized spacial score (nSPS) is 11.1. The van der Waals surface area contributed by atoms with Crippen LogP contribution in [0.25, 0.3) is 16.8 Å². The minimum atomic E-state index is -0.459. The van der Waals surface area contributed by atoms with E-state index in [0.29, 0.717) is 23.6 Å². The zero-order valence-electron chi connectivity index (χ0n) is 18.6. The maximum atomic E-state index is 12.8. The largest absolute Gasteiger partial charge is 0.488 e. The molecular formula is C29H24N2O2. The Bertz CT molecular complexity index is 1360. The Balaban J connectivity index is 1.68. The van der Waals surface area contributed by atoms with Crippen LogP contribution in [0.3, 0.4) is 0 Å². The number of nitriles is 1. The number of carbonyl (C=O) groups excluding carboxylic acids is 1. The third-order valence-corrected chi connectivity index (χ3v) is 5.41. The lowest BCUT2D eigenvalue weighted by Crippen LogP contribution is -2.13. The smallest absolute Gasteiger partial charge is 0.266 e. The molecule has 0 aliphatic carbocycles. The standard InChI is InChI=1S/C29H24N2O2/c1-20-7-11-22(12-8-20)19-33-28-16-13-23-5-3-4-6-26(23)27(28)17-24(18-30)29(32)31-25-14-9-21(2)10-15-25/h3-17H,19H2,1-2H3,(H,31,32)/b24-17-. The van der Waals surface area contributed by atoms with E-state index in [-0.39, 0.29) is 5.57 Å². The summed E-state index contributed by atoms with van der Waals surface area (Å²) in [7, 11) is 0. The zero-order valence-corrected chi connectivity index (χ0v) is 18.6. The average Bonchev–Trinajstić information content (AvgIpc) is 2.84. The highest BCUT2D eigenvalue weighted by Crippen LogP contribution is 2.31. The second-order valence-electron chi connectivity index (χ2n) is 7.96. The van der Waals surface area contributed by atoms with Crippen molar-refractivity contribution in [2.75, 3.05) is 5.32 Å². The molecule has 4 rings (SSSR count). The molecule has 0 saturated heterocycles. The van der Waals surface area contributed by atoms with Crippen LogP contribution in [-0.2, 0) is 11.4 Å². The second-order valence-corrected chi connectivity index (χ2v) is 7.96. The minimum Gasteiger partial charge on any atom is -0.488 e. The van der Waals surface area contributed by atoms with E-state index in [2.05, 4.69) is 5.32 Å². The molecule has 0 heterocycles. The van der Waals surface area contributed by atoms with E-state index >= 15 is 0 Å². The van der Waals surface area contributed by atoms with Crippen LogP contribution in [0, 0.1) is 25.2 Å². The van der Waals surface area contributed by atoms with Gasteiger partial charge in [-0.05, 0) is 54.5 Å². The molecule has 0 aromatic heterocycles. The van der Waals surface area contributed by atoms with Gasteiger partial charge in [0.1, 0.15) is 24.0 Å². The summed E-state index contributed by atoms with van der Waals surface area (Å²) < 4.78 is 6.14. The zero-order chi connectivity index (χ0) is 23.2. The number of nitrogens with one attached hydrogen (secondary N) is 1. The summed E-state index contributed by atoms with van der Waals surface area (Å²) in [5, 5.41) is 14.5. The summed E-state index contributed by atoms with van der Waals surface area (Å²) in [6.07, 6.45) is 1.61. The SMILES string of the molecule is Cc1ccc(COc2ccc3ccccc3c2/C=C(/C#N)C(=O)Nc2ccc(C)cc2)cc1. The van der Waals surface area contributed by atoms with Gasteiger partial charge >= 0.3 is 0 Å². The Labute approximate surface area is 193 Å². The molecule has 0 radical (unpaired) electrons. The molecule has 0 atom stereocenters. The number of hydrogen-bond donors (Lipinski definition) is 1. The molecule has 4 nitrogen and oxygen atoms in total. The van der Waals surface area contributed by atoms with E-state index < -0.39 is 5.91 Å². The number of amides is 1. The molecule has 0 spiro atoms. The van der Waals surface area contributed by atoms with Crippen molar-refractivity contribution in [3.8, 4) is 11.8 Å². The first-order valence-electron chi connectivity index (χ1n) is 10.7. The highest BCUT2D eigenvalue weighted by molar-refractivity contribution is 6.11. The van der Waals surface area contributed by atoms with Gasteiger partial charge in [-0.2, -0.15) is 5.26 Å². The quantitative estimate of drug-likeness (QED) is 0.276. The Hall–Kier alpha value is -4.36. The number of hydrogen-bond acceptors (Lipinski definition) is 3. The molecular weight excluding hydrogens is 408 g/mol. The number of anilines is 1. The van der Waals surface area contributed by atoms with Crippen LogP contribution in [0.4, 0.5) is 5.69 Å². The first-order valence-corrected chi connectivity index (χ1v) is 10.7. The van der Waals surface area contributed by atoms with E-state index in [1.165, 1.54) is 5.56 Å². The van der Waals surface area contributed by atoms with Crippen LogP contribution in [0.5, 0.6) is 5.75 Å². The van der Waals surface area contributed by atoms with Crippen molar-refractivity contribution in [3.63, 3.8) is 0 Å². The van der Waals surface area contributed by atoms with Crippen LogP contribution in [-0.4, -0.2) is 5.91 Å². The lowest BCUT2D eigenvalue weighted by atomic mass is 10.0. The molecule has 0 aliphatic heterocycles. The molecule has 4 heteroatoms. The number of nitrogens with zero attached hydrogens (tertiary/aromatic N) is 1. The van der Waals surface area contributed by atoms with Crippen molar-refractivity contribution in [1.82, 2.24) is 0 Å². The van der Waals surface area contributed by atoms with Crippen LogP contribution in [0.1, 0.15) is 22.3 Å². The van der Waals surface area contributed by atoms with Gasteiger partial charge in [0.2, 0.25) is 0 Å². The van der Waals surface area contributed by atoms with E-state index in [1.807, 2.05) is 105 Å². The topological polar surface area (TPSA) is 62.1 Å². The third kappa shape index (κ3) is 5.28. The van der Waals surface area contributed by atoms with Crippen LogP contribution < -0.4 is 10.1 Å². The van der Waals surface area contributed by atoms with Crippen LogP contribution in [0.2, 0.25) is 0 Å². The Kier molecular flexibility index (Phi) is 6.52. The molecule has 162 valence electrons. The van der Waals surface area contributed by atoms with Gasteiger partial charge in [-0.15, -0.1) is 0 Å². The van der Waals surface area contributed by atoms with Crippen molar-refractivity contribution in [2.24, 2.45) is 0 Å². The highest BCUT2D eigenvalue weighted by atomic mass is 16.5. The summed E-state index contributed by atoms with van der Waals surface area (Å²) in [6.45, 7) is 4.41. The lowest BCUT2D eigenvalue weighted by Gasteiger charge is -2.13. The van der Waals surface area contributed by atoms with Crippen molar-refractivity contribution < 1.29 is 9.53 Å². The van der Waals surface area contributed by atoms with Gasteiger partial charge in [-0.25, -0.2) is 0 Å². The highest BCUT2D eigenvalue weighted by Gasteiger charge is 2.14. The molecule has 0 aliphatic rings. The predicted molar refractivity (Wildman–Crippen MR) is 133 cm³/mol. The van der Waals surface area contributed by atoms with E-state index in [9.17, 15) is 10.1 Å². The summed E-state index contributed by atoms with van der Waals surface area (Å²) in [6, 6.07) is 29.4. The molecule has 0 saturated carbocycles. The van der Waals surface area contributed by atoms with Gasteiger partial charge in [-0.1, -0.05) is 77.9 Å². The summed E-state index contributed by atoms with van der Waals surface area (Å²) in [4.78, 5) is 12.8. The number of benzene rings is 4. The maximum absolute atomic E-state index is 12.8. The monoisotopic (exact) mass is 432 g/mol. The molecule has 0 bridgehead atoms. The number of carbonyl (C=O) groups is 1. The Morgan fingerprint density at radius 3 is 2.27 bits per heavy atom. The van der Waals surface area contributed by atoms with E-state index in [4.69, 9.17) is 4.74 Å². The molecule has 1 amide bonds. The fraction of sp³-hybridized carbons (Fsp3) is 0.103. The fourth-order valence-electron chi connectivity index (χ4n) is 3.52. The Morgan fingerprint density at radius 2 is 1.58 bits per heavy atom. The third-order valence-electron chi connectivity index (χ3n) is 5.41. The van der Waals surface area contributed by atoms with Gasteiger partial charge in [0.05, 0.1) is 0 Å². The van der Waals surface area contributed by atoms with Gasteiger partial charge in [-0.3, -0.25) is 4.79 Å². The van der Waals surface area contributed by atoms with E-state index in [0.717, 1.165) is 21.9 Å². The molecule has 0 fully saturated rings. The summed E-state index contributed by atoms with van der Waals surface area (Å²) in [5.41, 5.74) is 4.67. The van der Waals surface area contributed by atoms with Crippen molar-refractivity contribution >= 4 is 28.4 Å². The fourth-order valence-corrected chi connectivity index (χ4v) is 3.52. The maximum Gasteiger partial charge on any atom is 0.266 e. The van der Waals surface area contributed by atoms with Crippen LogP contribution in [0.15, 0.2) is 90.5 Å². The molecule has 0 unspecified atom stereocenters. The van der Waals surface area contributed by atoms with Gasteiger partial charge in [0.15, 0.2) is 0 Å². The first kappa shape index (κ1) is 21.9. The van der Waals surface area contributed by atoms with Crippen LogP contribution >= 0.6 is 0 Å². The second kappa shape index (κ2) is 9.84. The van der Waals surface area contributed by atoms with Crippen molar-refractivity contribution in [2.45, 2.75) is 20.5 Å². The Morgan fingerprint density at radius 1 is 0.909 bits per heavy atom. The van der Waals surface area contributed by atoms with Gasteiger partial charge in [0.25, 0.3) is 5.91 Å². The molecule has 4 aromatic rings. The predicted octanol–water partition coefficient (Wildman–Crippen LogP) is 6.58. The average molecular weight is 433 g/mol. The van der Waals surface area contributed by atoms with Gasteiger partial charge < -0.3 is 10.1 Å². The molecule has 33 heavy (non-hydrogen) atoms. The molecule has 1 N–H and O–H groups in total. The number of aryl methyl sites for hydroxylation is 2. The molecule has 4 aromatic carbocycles. The number of ether oxygens (including phenoxy) is 1. The first-order chi connectivity index (χ1) is 16.0. The summed E-state index contributed by atoms with van der Waals surface area (Å²) >= 11 is 0. The summed E-state index contributed by atoms with van der Waals surface area (Å²) in [5.74, 6) is 0.156. The lowest BCUT2D eigenvalue weighted by molar-refractivity contribution is -0.112. The van der Waals surface area contributed by atoms with E-state index in [1.54, 1.807) is 6.08 Å². The van der Waals surface area contributed by atoms with Crippen molar-refractivity contribution in [3.05, 3.63) is 113 Å². The number of rotatable bonds is 6. The number of fused-ring (bicyclic) bond motifs is 1.